The number of rotatable bonds is 4. The van der Waals surface area contributed by atoms with Crippen LogP contribution in [0.2, 0.25) is 0 Å². The molecule has 0 atom stereocenters. The lowest BCUT2D eigenvalue weighted by Gasteiger charge is -1.97. The molecule has 7 heteroatoms. The van der Waals surface area contributed by atoms with E-state index in [9.17, 15) is 0 Å². The van der Waals surface area contributed by atoms with Crippen LogP contribution in [0.1, 0.15) is 11.5 Å². The number of pyridine rings is 1. The average Bonchev–Trinajstić information content (AvgIpc) is 2.74. The van der Waals surface area contributed by atoms with Crippen molar-refractivity contribution in [2.24, 2.45) is 5.73 Å². The number of halogens is 1. The highest BCUT2D eigenvalue weighted by Gasteiger charge is 2.05. The molecule has 0 spiro atoms. The van der Waals surface area contributed by atoms with Crippen molar-refractivity contribution in [3.8, 4) is 0 Å². The number of hydrogen-bond donors (Lipinski definition) is 1. The van der Waals surface area contributed by atoms with Crippen LogP contribution in [0.4, 0.5) is 0 Å². The molecule has 0 saturated heterocycles. The first-order chi connectivity index (χ1) is 7.78. The highest BCUT2D eigenvalue weighted by Crippen LogP contribution is 2.22. The number of aromatic nitrogens is 3. The Morgan fingerprint density at radius 1 is 1.38 bits per heavy atom. The number of hydrogen-bond acceptors (Lipinski definition) is 6. The van der Waals surface area contributed by atoms with Crippen molar-refractivity contribution in [1.82, 2.24) is 15.2 Å². The smallest absolute Gasteiger partial charge is 0.276 e. The molecule has 0 fully saturated rings. The average molecular weight is 301 g/mol. The van der Waals surface area contributed by atoms with Gasteiger partial charge < -0.3 is 10.2 Å². The highest BCUT2D eigenvalue weighted by atomic mass is 79.9. The second-order valence-corrected chi connectivity index (χ2v) is 4.81. The van der Waals surface area contributed by atoms with Gasteiger partial charge in [0.15, 0.2) is 0 Å². The highest BCUT2D eigenvalue weighted by molar-refractivity contribution is 9.10. The van der Waals surface area contributed by atoms with Crippen LogP contribution in [0.25, 0.3) is 0 Å². The van der Waals surface area contributed by atoms with Crippen molar-refractivity contribution < 1.29 is 4.42 Å². The predicted molar refractivity (Wildman–Crippen MR) is 63.7 cm³/mol. The van der Waals surface area contributed by atoms with Crippen molar-refractivity contribution in [1.29, 1.82) is 0 Å². The fourth-order valence-electron chi connectivity index (χ4n) is 1.06. The second-order valence-electron chi connectivity index (χ2n) is 2.97. The van der Waals surface area contributed by atoms with Gasteiger partial charge in [0.1, 0.15) is 0 Å². The predicted octanol–water partition coefficient (Wildman–Crippen LogP) is 1.98. The van der Waals surface area contributed by atoms with E-state index in [1.54, 1.807) is 12.4 Å². The molecule has 2 N–H and O–H groups in total. The van der Waals surface area contributed by atoms with Crippen molar-refractivity contribution in [3.63, 3.8) is 0 Å². The van der Waals surface area contributed by atoms with Gasteiger partial charge in [-0.3, -0.25) is 4.98 Å². The minimum absolute atomic E-state index is 0.270. The van der Waals surface area contributed by atoms with Gasteiger partial charge in [-0.05, 0) is 27.6 Å². The summed E-state index contributed by atoms with van der Waals surface area (Å²) in [5.41, 5.74) is 6.46. The maximum absolute atomic E-state index is 5.37. The van der Waals surface area contributed by atoms with Crippen molar-refractivity contribution in [3.05, 3.63) is 34.4 Å². The summed E-state index contributed by atoms with van der Waals surface area (Å²) < 4.78 is 6.23. The summed E-state index contributed by atoms with van der Waals surface area (Å²) in [4.78, 5) is 4.07. The third kappa shape index (κ3) is 3.03. The van der Waals surface area contributed by atoms with Gasteiger partial charge in [-0.1, -0.05) is 11.8 Å². The molecule has 0 saturated carbocycles. The van der Waals surface area contributed by atoms with Crippen LogP contribution in [-0.2, 0) is 12.3 Å². The van der Waals surface area contributed by atoms with Crippen LogP contribution in [0, 0.1) is 0 Å². The summed E-state index contributed by atoms with van der Waals surface area (Å²) in [7, 11) is 0. The molecule has 0 aliphatic heterocycles. The summed E-state index contributed by atoms with van der Waals surface area (Å²) in [6.45, 7) is 0.270. The van der Waals surface area contributed by atoms with Crippen LogP contribution in [0.5, 0.6) is 0 Å². The summed E-state index contributed by atoms with van der Waals surface area (Å²) in [5.74, 6) is 1.19. The van der Waals surface area contributed by atoms with Crippen LogP contribution in [0.3, 0.4) is 0 Å². The SMILES string of the molecule is NCc1nnc(SCc2cncc(Br)c2)o1. The molecule has 84 valence electrons. The molecule has 2 aromatic heterocycles. The maximum Gasteiger partial charge on any atom is 0.276 e. The minimum Gasteiger partial charge on any atom is -0.415 e. The van der Waals surface area contributed by atoms with E-state index in [0.717, 1.165) is 15.8 Å². The molecule has 0 aromatic carbocycles. The summed E-state index contributed by atoms with van der Waals surface area (Å²) in [5, 5.41) is 8.16. The molecule has 0 unspecified atom stereocenters. The van der Waals surface area contributed by atoms with Gasteiger partial charge in [0.05, 0.1) is 6.54 Å². The lowest BCUT2D eigenvalue weighted by atomic mass is 10.3. The molecule has 0 amide bonds. The Bertz CT molecular complexity index is 476. The Hall–Kier alpha value is -0.920. The molecule has 2 aromatic rings. The molecule has 0 bridgehead atoms. The summed E-state index contributed by atoms with van der Waals surface area (Å²) >= 11 is 4.83. The standard InChI is InChI=1S/C9H9BrN4OS/c10-7-1-6(3-12-4-7)5-16-9-14-13-8(2-11)15-9/h1,3-4H,2,5,11H2. The quantitative estimate of drug-likeness (QED) is 0.870. The largest absolute Gasteiger partial charge is 0.415 e. The molecule has 5 nitrogen and oxygen atoms in total. The Balaban J connectivity index is 1.96. The summed E-state index contributed by atoms with van der Waals surface area (Å²) in [6, 6.07) is 2.00. The molecule has 16 heavy (non-hydrogen) atoms. The van der Waals surface area contributed by atoms with E-state index >= 15 is 0 Å². The molecule has 2 heterocycles. The van der Waals surface area contributed by atoms with Gasteiger partial charge >= 0.3 is 0 Å². The van der Waals surface area contributed by atoms with E-state index in [2.05, 4.69) is 31.1 Å². The monoisotopic (exact) mass is 300 g/mol. The van der Waals surface area contributed by atoms with E-state index in [4.69, 9.17) is 10.2 Å². The topological polar surface area (TPSA) is 77.8 Å². The zero-order chi connectivity index (χ0) is 11.4. The first-order valence-electron chi connectivity index (χ1n) is 4.52. The maximum atomic E-state index is 5.37. The third-order valence-corrected chi connectivity index (χ3v) is 3.07. The number of nitrogens with two attached hydrogens (primary N) is 1. The van der Waals surface area contributed by atoms with Gasteiger partial charge in [-0.25, -0.2) is 0 Å². The van der Waals surface area contributed by atoms with Gasteiger partial charge in [0.2, 0.25) is 5.89 Å². The first kappa shape index (κ1) is 11.6. The zero-order valence-electron chi connectivity index (χ0n) is 8.26. The summed E-state index contributed by atoms with van der Waals surface area (Å²) in [6.07, 6.45) is 3.55. The third-order valence-electron chi connectivity index (χ3n) is 1.75. The Labute approximate surface area is 105 Å². The zero-order valence-corrected chi connectivity index (χ0v) is 10.7. The normalized spacial score (nSPS) is 10.6. The second kappa shape index (κ2) is 5.42. The van der Waals surface area contributed by atoms with E-state index in [1.165, 1.54) is 11.8 Å². The Morgan fingerprint density at radius 3 is 2.94 bits per heavy atom. The lowest BCUT2D eigenvalue weighted by Crippen LogP contribution is -1.95. The van der Waals surface area contributed by atoms with Crippen LogP contribution in [-0.4, -0.2) is 15.2 Å². The van der Waals surface area contributed by atoms with Crippen LogP contribution in [0.15, 0.2) is 32.6 Å². The molecule has 2 rings (SSSR count). The molecule has 0 radical (unpaired) electrons. The number of nitrogens with zero attached hydrogens (tertiary/aromatic N) is 3. The fourth-order valence-corrected chi connectivity index (χ4v) is 2.17. The van der Waals surface area contributed by atoms with Gasteiger partial charge in [0.25, 0.3) is 5.22 Å². The van der Waals surface area contributed by atoms with Gasteiger partial charge in [-0.2, -0.15) is 0 Å². The van der Waals surface area contributed by atoms with Crippen LogP contribution >= 0.6 is 27.7 Å². The van der Waals surface area contributed by atoms with Gasteiger partial charge in [0, 0.05) is 22.6 Å². The molecule has 0 aliphatic rings. The fraction of sp³-hybridized carbons (Fsp3) is 0.222. The van der Waals surface area contributed by atoms with E-state index in [0.29, 0.717) is 11.1 Å². The molecule has 0 aliphatic carbocycles. The van der Waals surface area contributed by atoms with Crippen molar-refractivity contribution in [2.75, 3.05) is 0 Å². The van der Waals surface area contributed by atoms with E-state index in [-0.39, 0.29) is 6.54 Å². The van der Waals surface area contributed by atoms with Crippen molar-refractivity contribution in [2.45, 2.75) is 17.5 Å². The Morgan fingerprint density at radius 2 is 2.25 bits per heavy atom. The Kier molecular flexibility index (Phi) is 3.92. The van der Waals surface area contributed by atoms with Crippen molar-refractivity contribution >= 4 is 27.7 Å². The first-order valence-corrected chi connectivity index (χ1v) is 6.30. The van der Waals surface area contributed by atoms with Gasteiger partial charge in [-0.15, -0.1) is 10.2 Å². The van der Waals surface area contributed by atoms with E-state index < -0.39 is 0 Å². The molecular formula is C9H9BrN4OS. The lowest BCUT2D eigenvalue weighted by molar-refractivity contribution is 0.415. The van der Waals surface area contributed by atoms with Crippen LogP contribution < -0.4 is 5.73 Å². The minimum atomic E-state index is 0.270. The number of thioether (sulfide) groups is 1. The molecular weight excluding hydrogens is 292 g/mol. The van der Waals surface area contributed by atoms with E-state index in [1.807, 2.05) is 6.07 Å².